The van der Waals surface area contributed by atoms with Gasteiger partial charge in [-0.25, -0.2) is 0 Å². The minimum Gasteiger partial charge on any atom is -0.328 e. The number of hydrogen-bond acceptors (Lipinski definition) is 3. The Hall–Kier alpha value is -1.65. The van der Waals surface area contributed by atoms with Gasteiger partial charge in [0.15, 0.2) is 0 Å². The van der Waals surface area contributed by atoms with Gasteiger partial charge < -0.3 is 11.1 Å². The van der Waals surface area contributed by atoms with E-state index in [2.05, 4.69) is 39.8 Å². The summed E-state index contributed by atoms with van der Waals surface area (Å²) >= 11 is 0. The van der Waals surface area contributed by atoms with Crippen molar-refractivity contribution >= 4 is 0 Å². The lowest BCUT2D eigenvalue weighted by atomic mass is 10.1. The number of rotatable bonds is 4. The third kappa shape index (κ3) is 3.03. The molecule has 19 heavy (non-hydrogen) atoms. The summed E-state index contributed by atoms with van der Waals surface area (Å²) < 4.78 is 0. The van der Waals surface area contributed by atoms with Crippen molar-refractivity contribution in [2.75, 3.05) is 0 Å². The average molecular weight is 256 g/mol. The first-order valence-electron chi connectivity index (χ1n) is 6.89. The van der Waals surface area contributed by atoms with Crippen LogP contribution in [0.2, 0.25) is 0 Å². The van der Waals surface area contributed by atoms with E-state index in [9.17, 15) is 0 Å². The standard InChI is InChI=1S/C15H20N4/c16-13-5-6-14(9-13)17-10-11-1-3-12(4-2-11)15-7-8-18-19-15/h1-4,7-8,13-14,17H,5-6,9-10,16H2,(H,18,19). The fraction of sp³-hybridized carbons (Fsp3) is 0.400. The number of H-pyrrole nitrogens is 1. The Balaban J connectivity index is 1.57. The van der Waals surface area contributed by atoms with Gasteiger partial charge in [0.05, 0.1) is 5.69 Å². The number of aromatic nitrogens is 2. The molecule has 3 rings (SSSR count). The second-order valence-corrected chi connectivity index (χ2v) is 5.32. The maximum Gasteiger partial charge on any atom is 0.0650 e. The van der Waals surface area contributed by atoms with Gasteiger partial charge in [-0.1, -0.05) is 24.3 Å². The van der Waals surface area contributed by atoms with Crippen LogP contribution in [0.25, 0.3) is 11.3 Å². The largest absolute Gasteiger partial charge is 0.328 e. The van der Waals surface area contributed by atoms with E-state index in [4.69, 9.17) is 5.73 Å². The Morgan fingerprint density at radius 2 is 2.05 bits per heavy atom. The van der Waals surface area contributed by atoms with Crippen molar-refractivity contribution in [1.29, 1.82) is 0 Å². The Morgan fingerprint density at radius 3 is 2.68 bits per heavy atom. The van der Waals surface area contributed by atoms with Crippen molar-refractivity contribution in [2.45, 2.75) is 37.9 Å². The molecule has 1 aromatic heterocycles. The molecule has 100 valence electrons. The van der Waals surface area contributed by atoms with E-state index in [1.54, 1.807) is 6.20 Å². The number of hydrogen-bond donors (Lipinski definition) is 3. The molecule has 4 N–H and O–H groups in total. The van der Waals surface area contributed by atoms with Gasteiger partial charge in [0.2, 0.25) is 0 Å². The Bertz CT molecular complexity index is 503. The number of aromatic amines is 1. The van der Waals surface area contributed by atoms with Crippen LogP contribution in [0.15, 0.2) is 36.5 Å². The van der Waals surface area contributed by atoms with Gasteiger partial charge in [0.25, 0.3) is 0 Å². The van der Waals surface area contributed by atoms with Crippen LogP contribution in [0.4, 0.5) is 0 Å². The van der Waals surface area contributed by atoms with Gasteiger partial charge >= 0.3 is 0 Å². The third-order valence-electron chi connectivity index (χ3n) is 3.83. The van der Waals surface area contributed by atoms with Crippen LogP contribution < -0.4 is 11.1 Å². The molecule has 2 aromatic rings. The van der Waals surface area contributed by atoms with Gasteiger partial charge in [-0.3, -0.25) is 5.10 Å². The molecule has 2 atom stereocenters. The molecular formula is C15H20N4. The van der Waals surface area contributed by atoms with Gasteiger partial charge in [0, 0.05) is 24.8 Å². The van der Waals surface area contributed by atoms with Crippen molar-refractivity contribution < 1.29 is 0 Å². The van der Waals surface area contributed by atoms with Crippen molar-refractivity contribution in [3.05, 3.63) is 42.1 Å². The van der Waals surface area contributed by atoms with Crippen LogP contribution in [0.1, 0.15) is 24.8 Å². The van der Waals surface area contributed by atoms with Crippen molar-refractivity contribution in [3.63, 3.8) is 0 Å². The quantitative estimate of drug-likeness (QED) is 0.784. The Morgan fingerprint density at radius 1 is 1.21 bits per heavy atom. The lowest BCUT2D eigenvalue weighted by molar-refractivity contribution is 0.517. The first-order chi connectivity index (χ1) is 9.31. The molecule has 0 amide bonds. The SMILES string of the molecule is NC1CCC(NCc2ccc(-c3ccn[nH]3)cc2)C1. The first kappa shape index (κ1) is 12.4. The maximum absolute atomic E-state index is 5.92. The van der Waals surface area contributed by atoms with Crippen LogP contribution in [-0.4, -0.2) is 22.3 Å². The van der Waals surface area contributed by atoms with Crippen LogP contribution in [-0.2, 0) is 6.54 Å². The summed E-state index contributed by atoms with van der Waals surface area (Å²) in [5, 5.41) is 10.5. The highest BCUT2D eigenvalue weighted by Gasteiger charge is 2.20. The second-order valence-electron chi connectivity index (χ2n) is 5.32. The highest BCUT2D eigenvalue weighted by Crippen LogP contribution is 2.19. The summed E-state index contributed by atoms with van der Waals surface area (Å²) in [4.78, 5) is 0. The molecule has 4 nitrogen and oxygen atoms in total. The summed E-state index contributed by atoms with van der Waals surface area (Å²) in [5.41, 5.74) is 9.46. The molecule has 1 aromatic carbocycles. The lowest BCUT2D eigenvalue weighted by Crippen LogP contribution is -2.27. The summed E-state index contributed by atoms with van der Waals surface area (Å²) in [6.07, 6.45) is 5.23. The highest BCUT2D eigenvalue weighted by atomic mass is 15.1. The van der Waals surface area contributed by atoms with Gasteiger partial charge in [-0.05, 0) is 36.5 Å². The van der Waals surface area contributed by atoms with Crippen LogP contribution >= 0.6 is 0 Å². The van der Waals surface area contributed by atoms with E-state index in [0.717, 1.165) is 25.1 Å². The minimum absolute atomic E-state index is 0.389. The molecule has 4 heteroatoms. The van der Waals surface area contributed by atoms with Crippen molar-refractivity contribution in [2.24, 2.45) is 5.73 Å². The number of nitrogens with two attached hydrogens (primary N) is 1. The van der Waals surface area contributed by atoms with E-state index in [-0.39, 0.29) is 0 Å². The molecule has 1 aliphatic carbocycles. The van der Waals surface area contributed by atoms with E-state index >= 15 is 0 Å². The summed E-state index contributed by atoms with van der Waals surface area (Å²) in [5.74, 6) is 0. The minimum atomic E-state index is 0.389. The third-order valence-corrected chi connectivity index (χ3v) is 3.83. The maximum atomic E-state index is 5.92. The smallest absolute Gasteiger partial charge is 0.0650 e. The van der Waals surface area contributed by atoms with Gasteiger partial charge in [-0.15, -0.1) is 0 Å². The molecule has 1 aliphatic rings. The predicted molar refractivity (Wildman–Crippen MR) is 76.5 cm³/mol. The van der Waals surface area contributed by atoms with Crippen LogP contribution in [0.3, 0.4) is 0 Å². The first-order valence-corrected chi connectivity index (χ1v) is 6.89. The van der Waals surface area contributed by atoms with Crippen molar-refractivity contribution in [1.82, 2.24) is 15.5 Å². The van der Waals surface area contributed by atoms with Gasteiger partial charge in [0.1, 0.15) is 0 Å². The fourth-order valence-electron chi connectivity index (χ4n) is 2.68. The zero-order valence-corrected chi connectivity index (χ0v) is 11.0. The average Bonchev–Trinajstić information content (AvgIpc) is 3.08. The van der Waals surface area contributed by atoms with Gasteiger partial charge in [-0.2, -0.15) is 5.10 Å². The lowest BCUT2D eigenvalue weighted by Gasteiger charge is -2.12. The monoisotopic (exact) mass is 256 g/mol. The Labute approximate surface area is 113 Å². The number of nitrogens with zero attached hydrogens (tertiary/aromatic N) is 1. The summed E-state index contributed by atoms with van der Waals surface area (Å²) in [6.45, 7) is 0.917. The van der Waals surface area contributed by atoms with E-state index in [1.807, 2.05) is 6.07 Å². The molecule has 0 saturated heterocycles. The topological polar surface area (TPSA) is 66.7 Å². The molecular weight excluding hydrogens is 236 g/mol. The van der Waals surface area contributed by atoms with Crippen LogP contribution in [0, 0.1) is 0 Å². The van der Waals surface area contributed by atoms with E-state index in [1.165, 1.54) is 17.5 Å². The zero-order valence-electron chi connectivity index (χ0n) is 11.0. The molecule has 0 bridgehead atoms. The summed E-state index contributed by atoms with van der Waals surface area (Å²) in [7, 11) is 0. The normalized spacial score (nSPS) is 22.8. The molecule has 2 unspecified atom stereocenters. The molecule has 0 radical (unpaired) electrons. The summed E-state index contributed by atoms with van der Waals surface area (Å²) in [6, 6.07) is 11.5. The highest BCUT2D eigenvalue weighted by molar-refractivity contribution is 5.58. The molecule has 1 fully saturated rings. The molecule has 1 heterocycles. The number of nitrogens with one attached hydrogen (secondary N) is 2. The van der Waals surface area contributed by atoms with E-state index in [0.29, 0.717) is 12.1 Å². The second kappa shape index (κ2) is 5.55. The predicted octanol–water partition coefficient (Wildman–Crippen LogP) is 2.05. The molecule has 0 spiro atoms. The molecule has 1 saturated carbocycles. The van der Waals surface area contributed by atoms with E-state index < -0.39 is 0 Å². The van der Waals surface area contributed by atoms with Crippen molar-refractivity contribution in [3.8, 4) is 11.3 Å². The molecule has 0 aliphatic heterocycles. The Kier molecular flexibility index (Phi) is 3.62. The number of benzene rings is 1. The van der Waals surface area contributed by atoms with Crippen LogP contribution in [0.5, 0.6) is 0 Å². The fourth-order valence-corrected chi connectivity index (χ4v) is 2.68. The zero-order chi connectivity index (χ0) is 13.1.